The van der Waals surface area contributed by atoms with Gasteiger partial charge >= 0.3 is 0 Å². The zero-order chi connectivity index (χ0) is 12.8. The van der Waals surface area contributed by atoms with E-state index in [2.05, 4.69) is 5.32 Å². The molecule has 0 aliphatic heterocycles. The van der Waals surface area contributed by atoms with Crippen LogP contribution in [0.25, 0.3) is 0 Å². The van der Waals surface area contributed by atoms with Gasteiger partial charge in [0.15, 0.2) is 0 Å². The normalized spacial score (nSPS) is 11.9. The highest BCUT2D eigenvalue weighted by Crippen LogP contribution is 2.19. The number of rotatable bonds is 5. The molecule has 0 bridgehead atoms. The Morgan fingerprint density at radius 1 is 1.47 bits per heavy atom. The van der Waals surface area contributed by atoms with Gasteiger partial charge in [-0.05, 0) is 25.1 Å². The quantitative estimate of drug-likeness (QED) is 0.752. The lowest BCUT2D eigenvalue weighted by molar-refractivity contribution is 0.0871. The van der Waals surface area contributed by atoms with Crippen molar-refractivity contribution in [2.75, 3.05) is 26.5 Å². The Balaban J connectivity index is 2.74. The van der Waals surface area contributed by atoms with Crippen LogP contribution in [0.1, 0.15) is 17.3 Å². The molecule has 17 heavy (non-hydrogen) atoms. The predicted molar refractivity (Wildman–Crippen MR) is 66.2 cm³/mol. The molecule has 1 aromatic rings. The van der Waals surface area contributed by atoms with Crippen LogP contribution in [0.15, 0.2) is 18.2 Å². The summed E-state index contributed by atoms with van der Waals surface area (Å²) in [6, 6.07) is 4.97. The SMILES string of the molecule is COc1ccc(N)c(C(=O)NCC(C)OC)c1. The number of carbonyl (C=O) groups excluding carboxylic acids is 1. The van der Waals surface area contributed by atoms with Crippen molar-refractivity contribution in [1.82, 2.24) is 5.32 Å². The molecule has 94 valence electrons. The number of nitrogens with one attached hydrogen (secondary N) is 1. The second kappa shape index (κ2) is 6.10. The molecule has 0 fully saturated rings. The van der Waals surface area contributed by atoms with Crippen LogP contribution in [-0.4, -0.2) is 32.8 Å². The van der Waals surface area contributed by atoms with Crippen molar-refractivity contribution in [3.8, 4) is 5.75 Å². The van der Waals surface area contributed by atoms with Gasteiger partial charge in [0.25, 0.3) is 5.91 Å². The van der Waals surface area contributed by atoms with Crippen LogP contribution in [0.5, 0.6) is 5.75 Å². The van der Waals surface area contributed by atoms with E-state index in [4.69, 9.17) is 15.2 Å². The van der Waals surface area contributed by atoms with E-state index in [9.17, 15) is 4.79 Å². The summed E-state index contributed by atoms with van der Waals surface area (Å²) in [4.78, 5) is 11.9. The van der Waals surface area contributed by atoms with Gasteiger partial charge in [0.1, 0.15) is 5.75 Å². The van der Waals surface area contributed by atoms with Crippen LogP contribution in [0.2, 0.25) is 0 Å². The zero-order valence-electron chi connectivity index (χ0n) is 10.3. The second-order valence-corrected chi connectivity index (χ2v) is 3.71. The highest BCUT2D eigenvalue weighted by molar-refractivity contribution is 5.99. The Hall–Kier alpha value is -1.75. The molecule has 0 saturated heterocycles. The molecule has 5 heteroatoms. The minimum Gasteiger partial charge on any atom is -0.497 e. The van der Waals surface area contributed by atoms with Gasteiger partial charge in [0.05, 0.1) is 18.8 Å². The Kier molecular flexibility index (Phi) is 4.78. The number of hydrogen-bond donors (Lipinski definition) is 2. The van der Waals surface area contributed by atoms with Gasteiger partial charge in [-0.1, -0.05) is 0 Å². The van der Waals surface area contributed by atoms with Crippen molar-refractivity contribution >= 4 is 11.6 Å². The van der Waals surface area contributed by atoms with Gasteiger partial charge in [0, 0.05) is 19.3 Å². The number of anilines is 1. The number of amides is 1. The van der Waals surface area contributed by atoms with Gasteiger partial charge < -0.3 is 20.5 Å². The molecule has 0 heterocycles. The van der Waals surface area contributed by atoms with Crippen LogP contribution in [-0.2, 0) is 4.74 Å². The molecule has 1 rings (SSSR count). The molecule has 1 amide bonds. The van der Waals surface area contributed by atoms with Crippen molar-refractivity contribution < 1.29 is 14.3 Å². The third-order valence-corrected chi connectivity index (χ3v) is 2.46. The highest BCUT2D eigenvalue weighted by atomic mass is 16.5. The van der Waals surface area contributed by atoms with Gasteiger partial charge in [0.2, 0.25) is 0 Å². The van der Waals surface area contributed by atoms with E-state index in [1.54, 1.807) is 32.4 Å². The summed E-state index contributed by atoms with van der Waals surface area (Å²) in [5, 5.41) is 2.74. The van der Waals surface area contributed by atoms with Crippen molar-refractivity contribution in [1.29, 1.82) is 0 Å². The smallest absolute Gasteiger partial charge is 0.253 e. The number of methoxy groups -OCH3 is 2. The summed E-state index contributed by atoms with van der Waals surface area (Å²) in [5.41, 5.74) is 6.57. The number of benzene rings is 1. The van der Waals surface area contributed by atoms with Crippen molar-refractivity contribution in [2.45, 2.75) is 13.0 Å². The molecule has 0 aromatic heterocycles. The van der Waals surface area contributed by atoms with E-state index >= 15 is 0 Å². The number of hydrogen-bond acceptors (Lipinski definition) is 4. The monoisotopic (exact) mass is 238 g/mol. The maximum atomic E-state index is 11.9. The predicted octanol–water partition coefficient (Wildman–Crippen LogP) is 1.04. The van der Waals surface area contributed by atoms with Crippen molar-refractivity contribution in [3.63, 3.8) is 0 Å². The van der Waals surface area contributed by atoms with Gasteiger partial charge in [-0.3, -0.25) is 4.79 Å². The second-order valence-electron chi connectivity index (χ2n) is 3.71. The summed E-state index contributed by atoms with van der Waals surface area (Å²) < 4.78 is 10.1. The Morgan fingerprint density at radius 2 is 2.18 bits per heavy atom. The lowest BCUT2D eigenvalue weighted by Gasteiger charge is -2.12. The first-order chi connectivity index (χ1) is 8.08. The molecule has 0 radical (unpaired) electrons. The number of nitrogens with two attached hydrogens (primary N) is 1. The van der Waals surface area contributed by atoms with Crippen LogP contribution < -0.4 is 15.8 Å². The topological polar surface area (TPSA) is 73.6 Å². The molecule has 5 nitrogen and oxygen atoms in total. The summed E-state index contributed by atoms with van der Waals surface area (Å²) in [7, 11) is 3.14. The molecule has 0 aliphatic rings. The fourth-order valence-corrected chi connectivity index (χ4v) is 1.27. The van der Waals surface area contributed by atoms with Crippen LogP contribution in [0.4, 0.5) is 5.69 Å². The molecule has 3 N–H and O–H groups in total. The van der Waals surface area contributed by atoms with Gasteiger partial charge in [-0.15, -0.1) is 0 Å². The number of nitrogen functional groups attached to an aromatic ring is 1. The van der Waals surface area contributed by atoms with E-state index in [1.165, 1.54) is 0 Å². The first-order valence-corrected chi connectivity index (χ1v) is 5.33. The first kappa shape index (κ1) is 13.3. The summed E-state index contributed by atoms with van der Waals surface area (Å²) >= 11 is 0. The van der Waals surface area contributed by atoms with E-state index in [-0.39, 0.29) is 12.0 Å². The number of carbonyl (C=O) groups is 1. The Morgan fingerprint density at radius 3 is 2.76 bits per heavy atom. The van der Waals surface area contributed by atoms with E-state index in [0.29, 0.717) is 23.5 Å². The molecule has 0 aliphatic carbocycles. The lowest BCUT2D eigenvalue weighted by atomic mass is 10.1. The molecule has 1 atom stereocenters. The molecular weight excluding hydrogens is 220 g/mol. The molecular formula is C12H18N2O3. The van der Waals surface area contributed by atoms with Crippen LogP contribution in [0, 0.1) is 0 Å². The lowest BCUT2D eigenvalue weighted by Crippen LogP contribution is -2.32. The minimum absolute atomic E-state index is 0.0363. The Labute approximate surface area is 101 Å². The molecule has 1 unspecified atom stereocenters. The fraction of sp³-hybridized carbons (Fsp3) is 0.417. The fourth-order valence-electron chi connectivity index (χ4n) is 1.27. The molecule has 0 spiro atoms. The summed E-state index contributed by atoms with van der Waals surface area (Å²) in [6.07, 6.45) is -0.0363. The van der Waals surface area contributed by atoms with Crippen molar-refractivity contribution in [2.24, 2.45) is 0 Å². The van der Waals surface area contributed by atoms with Gasteiger partial charge in [-0.25, -0.2) is 0 Å². The maximum Gasteiger partial charge on any atom is 0.253 e. The van der Waals surface area contributed by atoms with Gasteiger partial charge in [-0.2, -0.15) is 0 Å². The maximum absolute atomic E-state index is 11.9. The Bertz CT molecular complexity index is 393. The van der Waals surface area contributed by atoms with Crippen LogP contribution in [0.3, 0.4) is 0 Å². The van der Waals surface area contributed by atoms with E-state index in [1.807, 2.05) is 6.92 Å². The third-order valence-electron chi connectivity index (χ3n) is 2.46. The number of ether oxygens (including phenoxy) is 2. The molecule has 1 aromatic carbocycles. The first-order valence-electron chi connectivity index (χ1n) is 5.33. The van der Waals surface area contributed by atoms with E-state index < -0.39 is 0 Å². The minimum atomic E-state index is -0.231. The van der Waals surface area contributed by atoms with Crippen molar-refractivity contribution in [3.05, 3.63) is 23.8 Å². The van der Waals surface area contributed by atoms with E-state index in [0.717, 1.165) is 0 Å². The zero-order valence-corrected chi connectivity index (χ0v) is 10.3. The summed E-state index contributed by atoms with van der Waals surface area (Å²) in [6.45, 7) is 2.31. The average Bonchev–Trinajstić information content (AvgIpc) is 2.36. The third kappa shape index (κ3) is 3.64. The van der Waals surface area contributed by atoms with Crippen LogP contribution >= 0.6 is 0 Å². The standard InChI is InChI=1S/C12H18N2O3/c1-8(16-2)7-14-12(15)10-6-9(17-3)4-5-11(10)13/h4-6,8H,7,13H2,1-3H3,(H,14,15). The largest absolute Gasteiger partial charge is 0.497 e. The average molecular weight is 238 g/mol. The highest BCUT2D eigenvalue weighted by Gasteiger charge is 2.11. The summed E-state index contributed by atoms with van der Waals surface area (Å²) in [5.74, 6) is 0.370. The molecule has 0 saturated carbocycles.